The summed E-state index contributed by atoms with van der Waals surface area (Å²) in [4.78, 5) is 14.5. The maximum Gasteiger partial charge on any atom is 0.162 e. The van der Waals surface area contributed by atoms with E-state index in [0.717, 1.165) is 49.9 Å². The van der Waals surface area contributed by atoms with E-state index in [9.17, 15) is 4.79 Å². The van der Waals surface area contributed by atoms with Crippen LogP contribution in [0.4, 0.5) is 0 Å². The third-order valence-electron chi connectivity index (χ3n) is 4.62. The molecular formula is C25H43NO2. The van der Waals surface area contributed by atoms with Crippen molar-refractivity contribution in [2.24, 2.45) is 11.8 Å². The van der Waals surface area contributed by atoms with Crippen LogP contribution in [-0.2, 0) is 9.53 Å². The molecule has 1 atom stereocenters. The smallest absolute Gasteiger partial charge is 0.162 e. The second kappa shape index (κ2) is 16.4. The minimum atomic E-state index is 0.137. The van der Waals surface area contributed by atoms with E-state index in [2.05, 4.69) is 46.1 Å². The fourth-order valence-electron chi connectivity index (χ4n) is 3.17. The van der Waals surface area contributed by atoms with Gasteiger partial charge in [-0.2, -0.15) is 0 Å². The lowest BCUT2D eigenvalue weighted by Crippen LogP contribution is -2.30. The van der Waals surface area contributed by atoms with Crippen LogP contribution in [0, 0.1) is 11.8 Å². The summed E-state index contributed by atoms with van der Waals surface area (Å²) in [5.41, 5.74) is 0.736. The molecule has 0 aromatic heterocycles. The SMILES string of the molecule is C=C/C(=C\C=C(/C)C(=O)C/C=C\CC)OCCCN(CC)C[C@H](C)CC(C)C. The maximum absolute atomic E-state index is 12.0. The molecular weight excluding hydrogens is 346 g/mol. The number of nitrogens with zero attached hydrogens (tertiary/aromatic N) is 1. The first-order chi connectivity index (χ1) is 13.3. The van der Waals surface area contributed by atoms with Gasteiger partial charge in [-0.3, -0.25) is 4.79 Å². The molecule has 0 aliphatic heterocycles. The largest absolute Gasteiger partial charge is 0.494 e. The molecule has 0 unspecified atom stereocenters. The molecule has 3 nitrogen and oxygen atoms in total. The molecule has 0 saturated carbocycles. The van der Waals surface area contributed by atoms with Gasteiger partial charge in [0.25, 0.3) is 0 Å². The highest BCUT2D eigenvalue weighted by Gasteiger charge is 2.10. The van der Waals surface area contributed by atoms with E-state index in [1.807, 2.05) is 31.2 Å². The molecule has 0 fully saturated rings. The number of Topliss-reactive ketones (excluding diaryl/α,β-unsaturated/α-hetero) is 1. The van der Waals surface area contributed by atoms with Crippen LogP contribution >= 0.6 is 0 Å². The first-order valence-electron chi connectivity index (χ1n) is 10.9. The molecule has 0 heterocycles. The Balaban J connectivity index is 4.39. The highest BCUT2D eigenvalue weighted by atomic mass is 16.5. The van der Waals surface area contributed by atoms with Crippen LogP contribution in [0.3, 0.4) is 0 Å². The topological polar surface area (TPSA) is 29.5 Å². The molecule has 0 rings (SSSR count). The normalized spacial score (nSPS) is 14.1. The van der Waals surface area contributed by atoms with Crippen molar-refractivity contribution in [1.29, 1.82) is 0 Å². The molecule has 3 heteroatoms. The van der Waals surface area contributed by atoms with Crippen LogP contribution in [-0.4, -0.2) is 36.9 Å². The quantitative estimate of drug-likeness (QED) is 0.101. The lowest BCUT2D eigenvalue weighted by atomic mass is 9.98. The highest BCUT2D eigenvalue weighted by molar-refractivity contribution is 5.95. The van der Waals surface area contributed by atoms with E-state index in [4.69, 9.17) is 4.74 Å². The number of hydrogen-bond donors (Lipinski definition) is 0. The van der Waals surface area contributed by atoms with Gasteiger partial charge in [-0.1, -0.05) is 59.4 Å². The lowest BCUT2D eigenvalue weighted by Gasteiger charge is -2.25. The fraction of sp³-hybridized carbons (Fsp3) is 0.640. The molecule has 0 saturated heterocycles. The Morgan fingerprint density at radius 3 is 2.43 bits per heavy atom. The van der Waals surface area contributed by atoms with Gasteiger partial charge in [0.15, 0.2) is 5.78 Å². The van der Waals surface area contributed by atoms with Gasteiger partial charge in [0.05, 0.1) is 6.61 Å². The predicted molar refractivity (Wildman–Crippen MR) is 122 cm³/mol. The fourth-order valence-corrected chi connectivity index (χ4v) is 3.17. The van der Waals surface area contributed by atoms with Crippen molar-refractivity contribution < 1.29 is 9.53 Å². The number of carbonyl (C=O) groups is 1. The lowest BCUT2D eigenvalue weighted by molar-refractivity contribution is -0.114. The molecule has 0 bridgehead atoms. The van der Waals surface area contributed by atoms with Crippen molar-refractivity contribution in [2.75, 3.05) is 26.2 Å². The van der Waals surface area contributed by atoms with Crippen molar-refractivity contribution in [3.8, 4) is 0 Å². The molecule has 0 amide bonds. The highest BCUT2D eigenvalue weighted by Crippen LogP contribution is 2.13. The van der Waals surface area contributed by atoms with Gasteiger partial charge in [-0.25, -0.2) is 0 Å². The monoisotopic (exact) mass is 389 g/mol. The number of ketones is 1. The van der Waals surface area contributed by atoms with Crippen molar-refractivity contribution in [3.63, 3.8) is 0 Å². The van der Waals surface area contributed by atoms with E-state index in [1.165, 1.54) is 6.42 Å². The second-order valence-electron chi connectivity index (χ2n) is 7.96. The molecule has 0 aliphatic carbocycles. The zero-order chi connectivity index (χ0) is 21.4. The van der Waals surface area contributed by atoms with Gasteiger partial charge in [0, 0.05) is 19.5 Å². The van der Waals surface area contributed by atoms with Gasteiger partial charge in [0.2, 0.25) is 0 Å². The van der Waals surface area contributed by atoms with Gasteiger partial charge >= 0.3 is 0 Å². The summed E-state index contributed by atoms with van der Waals surface area (Å²) in [6.07, 6.45) is 13.0. The summed E-state index contributed by atoms with van der Waals surface area (Å²) < 4.78 is 5.83. The summed E-state index contributed by atoms with van der Waals surface area (Å²) in [5.74, 6) is 2.33. The van der Waals surface area contributed by atoms with Gasteiger partial charge in [-0.15, -0.1) is 0 Å². The first kappa shape index (κ1) is 26.4. The molecule has 0 aromatic carbocycles. The Bertz CT molecular complexity index is 529. The molecule has 0 aliphatic rings. The number of hydrogen-bond acceptors (Lipinski definition) is 3. The Labute approximate surface area is 174 Å². The van der Waals surface area contributed by atoms with Crippen molar-refractivity contribution in [1.82, 2.24) is 4.90 Å². The minimum absolute atomic E-state index is 0.137. The number of carbonyl (C=O) groups excluding carboxylic acids is 1. The average molecular weight is 390 g/mol. The second-order valence-corrected chi connectivity index (χ2v) is 7.96. The Morgan fingerprint density at radius 2 is 1.86 bits per heavy atom. The summed E-state index contributed by atoms with van der Waals surface area (Å²) in [5, 5.41) is 0. The number of rotatable bonds is 16. The van der Waals surface area contributed by atoms with Gasteiger partial charge in [0.1, 0.15) is 5.76 Å². The van der Waals surface area contributed by atoms with E-state index in [0.29, 0.717) is 18.8 Å². The summed E-state index contributed by atoms with van der Waals surface area (Å²) in [7, 11) is 0. The Hall–Kier alpha value is -1.61. The molecule has 0 radical (unpaired) electrons. The Morgan fingerprint density at radius 1 is 1.14 bits per heavy atom. The van der Waals surface area contributed by atoms with E-state index in [-0.39, 0.29) is 5.78 Å². The zero-order valence-electron chi connectivity index (χ0n) is 19.2. The zero-order valence-corrected chi connectivity index (χ0v) is 19.2. The summed E-state index contributed by atoms with van der Waals surface area (Å²) in [6.45, 7) is 20.8. The molecule has 0 N–H and O–H groups in total. The third-order valence-corrected chi connectivity index (χ3v) is 4.62. The van der Waals surface area contributed by atoms with Crippen LogP contribution in [0.2, 0.25) is 0 Å². The van der Waals surface area contributed by atoms with Crippen molar-refractivity contribution in [2.45, 2.75) is 67.2 Å². The average Bonchev–Trinajstić information content (AvgIpc) is 2.65. The first-order valence-corrected chi connectivity index (χ1v) is 10.9. The number of allylic oxidation sites excluding steroid dienone is 6. The minimum Gasteiger partial charge on any atom is -0.494 e. The van der Waals surface area contributed by atoms with Crippen LogP contribution in [0.5, 0.6) is 0 Å². The molecule has 160 valence electrons. The summed E-state index contributed by atoms with van der Waals surface area (Å²) in [6, 6.07) is 0. The maximum atomic E-state index is 12.0. The van der Waals surface area contributed by atoms with E-state index < -0.39 is 0 Å². The van der Waals surface area contributed by atoms with E-state index in [1.54, 1.807) is 6.08 Å². The van der Waals surface area contributed by atoms with Gasteiger partial charge in [-0.05, 0) is 62.3 Å². The summed E-state index contributed by atoms with van der Waals surface area (Å²) >= 11 is 0. The predicted octanol–water partition coefficient (Wildman–Crippen LogP) is 6.34. The van der Waals surface area contributed by atoms with Crippen LogP contribution in [0.1, 0.15) is 67.2 Å². The van der Waals surface area contributed by atoms with Crippen molar-refractivity contribution in [3.05, 3.63) is 48.3 Å². The Kier molecular flexibility index (Phi) is 15.4. The third kappa shape index (κ3) is 13.5. The molecule has 28 heavy (non-hydrogen) atoms. The molecule has 0 spiro atoms. The van der Waals surface area contributed by atoms with Gasteiger partial charge < -0.3 is 9.64 Å². The van der Waals surface area contributed by atoms with E-state index >= 15 is 0 Å². The number of ether oxygens (including phenoxy) is 1. The van der Waals surface area contributed by atoms with Crippen molar-refractivity contribution >= 4 is 5.78 Å². The molecule has 0 aromatic rings. The van der Waals surface area contributed by atoms with Crippen LogP contribution in [0.15, 0.2) is 48.3 Å². The standard InChI is InChI=1S/C25H43NO2/c1-8-11-12-14-25(27)23(7)15-16-24(9-2)28-18-13-17-26(10-3)20-22(6)19-21(4)5/h9,11-12,15-16,21-22H,2,8,10,13-14,17-20H2,1,3-7H3/b12-11-,23-15+,24-16+/t22-/m1/s1. The van der Waals surface area contributed by atoms with Crippen LogP contribution in [0.25, 0.3) is 0 Å². The van der Waals surface area contributed by atoms with Crippen LogP contribution < -0.4 is 0 Å².